The summed E-state index contributed by atoms with van der Waals surface area (Å²) in [5.74, 6) is 0. The number of ether oxygens (including phenoxy) is 14. The van der Waals surface area contributed by atoms with E-state index in [1.54, 1.807) is 0 Å². The molecule has 3 aliphatic rings. The van der Waals surface area contributed by atoms with Crippen LogP contribution in [0.3, 0.4) is 0 Å². The first kappa shape index (κ1) is 69.2. The van der Waals surface area contributed by atoms with Crippen LogP contribution in [0.15, 0.2) is 273 Å². The van der Waals surface area contributed by atoms with Crippen LogP contribution in [0.4, 0.5) is 0 Å². The van der Waals surface area contributed by atoms with E-state index in [1.165, 1.54) is 0 Å². The summed E-state index contributed by atoms with van der Waals surface area (Å²) >= 11 is 0. The molecule has 0 amide bonds. The molecule has 9 aromatic rings. The van der Waals surface area contributed by atoms with E-state index >= 15 is 0 Å². The molecule has 12 rings (SSSR count). The van der Waals surface area contributed by atoms with Gasteiger partial charge in [-0.15, -0.1) is 0 Å². The number of aliphatic hydroxyl groups is 2. The quantitative estimate of drug-likeness (QED) is 0.0390. The van der Waals surface area contributed by atoms with E-state index in [0.717, 1.165) is 50.1 Å². The highest BCUT2D eigenvalue weighted by atomic mass is 16.8. The molecule has 0 spiro atoms. The minimum absolute atomic E-state index is 0.0140. The molecule has 2 N–H and O–H groups in total. The first-order valence-corrected chi connectivity index (χ1v) is 33.4. The third-order valence-electron chi connectivity index (χ3n) is 17.3. The number of hydrogen-bond donors (Lipinski definition) is 2. The highest BCUT2D eigenvalue weighted by Crippen LogP contribution is 2.38. The average molecular weight is 1320 g/mol. The van der Waals surface area contributed by atoms with E-state index in [-0.39, 0.29) is 79.3 Å². The van der Waals surface area contributed by atoms with Crippen LogP contribution in [-0.2, 0) is 126 Å². The van der Waals surface area contributed by atoms with Gasteiger partial charge in [-0.25, -0.2) is 0 Å². The van der Waals surface area contributed by atoms with Gasteiger partial charge in [-0.05, 0) is 50.1 Å². The molecule has 0 radical (unpaired) electrons. The van der Waals surface area contributed by atoms with E-state index < -0.39 is 92.1 Å². The first-order valence-electron chi connectivity index (χ1n) is 33.4. The Morgan fingerprint density at radius 1 is 0.227 bits per heavy atom. The van der Waals surface area contributed by atoms with Crippen LogP contribution in [0, 0.1) is 0 Å². The standard InChI is InChI=1S/C81H86O16/c82-70-74(89-51-63-38-20-6-21-39-63)71(86-48-60-32-14-3-15-33-60)67(55-84-46-58-28-10-1-11-29-58)95-80(70)97-78-76(91-53-65-42-24-8-25-43-65)72(87-49-61-34-16-4-17-35-61)68(56-85-47-59-30-12-2-13-31-59)96-81(78)93-57-69-73(88-50-62-36-18-5-19-37-62)75(90-52-64-40-22-7-23-41-64)77(79(83)94-69)92-54-66-44-26-9-27-45-66/h1-45,67-83H,46-57H2/t67-,68-,69-,70+,71-,72-,73-,74-,75+,76+,77+,78+,79+,80-,81+/m1/s1. The predicted octanol–water partition coefficient (Wildman–Crippen LogP) is 12.4. The molecular formula is C81H86O16. The molecular weight excluding hydrogens is 1230 g/mol. The van der Waals surface area contributed by atoms with Crippen LogP contribution in [0.1, 0.15) is 50.1 Å². The molecule has 16 nitrogen and oxygen atoms in total. The summed E-state index contributed by atoms with van der Waals surface area (Å²) in [6, 6.07) is 88.3. The van der Waals surface area contributed by atoms with Gasteiger partial charge in [0, 0.05) is 0 Å². The Kier molecular flexibility index (Phi) is 26.3. The SMILES string of the molecule is O[C@@H]1[C@@H](O[C@@H]2[C@@H](OC[C@H]3O[C@H](O)[C@@H](OCc4ccccc4)[C@@H](OCc4ccccc4)[C@@H]3OCc3ccccc3)O[C@H](COCc3ccccc3)[C@@H](OCc3ccccc3)[C@@H]2OCc2ccccc2)O[C@H](COCc2ccccc2)[C@@H](OCc2ccccc2)[C@@H]1OCc1ccccc1. The molecule has 0 bridgehead atoms. The molecule has 0 aromatic heterocycles. The molecule has 506 valence electrons. The molecule has 97 heavy (non-hydrogen) atoms. The lowest BCUT2D eigenvalue weighted by Crippen LogP contribution is -2.66. The highest BCUT2D eigenvalue weighted by Gasteiger charge is 2.55. The summed E-state index contributed by atoms with van der Waals surface area (Å²) in [6.07, 6.45) is -16.7. The largest absolute Gasteiger partial charge is 0.385 e. The smallest absolute Gasteiger partial charge is 0.187 e. The minimum Gasteiger partial charge on any atom is -0.385 e. The Morgan fingerprint density at radius 3 is 0.804 bits per heavy atom. The Hall–Kier alpha value is -7.66. The van der Waals surface area contributed by atoms with Gasteiger partial charge in [0.1, 0.15) is 73.2 Å². The summed E-state index contributed by atoms with van der Waals surface area (Å²) in [5, 5.41) is 25.6. The third kappa shape index (κ3) is 20.2. The van der Waals surface area contributed by atoms with Gasteiger partial charge >= 0.3 is 0 Å². The molecule has 3 heterocycles. The van der Waals surface area contributed by atoms with Crippen molar-refractivity contribution in [3.05, 3.63) is 323 Å². The Morgan fingerprint density at radius 2 is 0.474 bits per heavy atom. The minimum atomic E-state index is -1.53. The van der Waals surface area contributed by atoms with Crippen molar-refractivity contribution < 1.29 is 76.5 Å². The van der Waals surface area contributed by atoms with Crippen molar-refractivity contribution in [2.24, 2.45) is 0 Å². The molecule has 3 fully saturated rings. The van der Waals surface area contributed by atoms with E-state index in [2.05, 4.69) is 0 Å². The lowest BCUT2D eigenvalue weighted by Gasteiger charge is -2.50. The number of hydrogen-bond acceptors (Lipinski definition) is 16. The van der Waals surface area contributed by atoms with Crippen molar-refractivity contribution in [3.63, 3.8) is 0 Å². The highest BCUT2D eigenvalue weighted by molar-refractivity contribution is 5.21. The predicted molar refractivity (Wildman–Crippen MR) is 362 cm³/mol. The second kappa shape index (κ2) is 36.8. The second-order valence-electron chi connectivity index (χ2n) is 24.4. The lowest BCUT2D eigenvalue weighted by atomic mass is 9.96. The van der Waals surface area contributed by atoms with Crippen molar-refractivity contribution >= 4 is 0 Å². The van der Waals surface area contributed by atoms with E-state index in [0.29, 0.717) is 0 Å². The maximum Gasteiger partial charge on any atom is 0.187 e. The molecule has 16 heteroatoms. The summed E-state index contributed by atoms with van der Waals surface area (Å²) in [6.45, 7) is 1.29. The van der Waals surface area contributed by atoms with Crippen molar-refractivity contribution in [2.45, 2.75) is 152 Å². The molecule has 9 aromatic carbocycles. The van der Waals surface area contributed by atoms with E-state index in [4.69, 9.17) is 66.3 Å². The Balaban J connectivity index is 0.925. The molecule has 3 aliphatic heterocycles. The summed E-state index contributed by atoms with van der Waals surface area (Å²) in [7, 11) is 0. The van der Waals surface area contributed by atoms with E-state index in [1.807, 2.05) is 273 Å². The Bertz CT molecular complexity index is 3600. The van der Waals surface area contributed by atoms with Crippen molar-refractivity contribution in [3.8, 4) is 0 Å². The Labute approximate surface area is 568 Å². The number of benzene rings is 9. The van der Waals surface area contributed by atoms with E-state index in [9.17, 15) is 10.2 Å². The summed E-state index contributed by atoms with van der Waals surface area (Å²) in [5.41, 5.74) is 8.16. The number of rotatable bonds is 34. The van der Waals surface area contributed by atoms with Gasteiger partial charge in [-0.2, -0.15) is 0 Å². The fourth-order valence-corrected chi connectivity index (χ4v) is 12.3. The van der Waals surface area contributed by atoms with Gasteiger partial charge in [0.05, 0.1) is 79.3 Å². The van der Waals surface area contributed by atoms with Crippen molar-refractivity contribution in [2.75, 3.05) is 19.8 Å². The summed E-state index contributed by atoms with van der Waals surface area (Å²) < 4.78 is 97.4. The summed E-state index contributed by atoms with van der Waals surface area (Å²) in [4.78, 5) is 0. The maximum absolute atomic E-state index is 13.2. The van der Waals surface area contributed by atoms with Gasteiger partial charge in [-0.1, -0.05) is 273 Å². The van der Waals surface area contributed by atoms with Gasteiger partial charge in [0.15, 0.2) is 18.9 Å². The number of aliphatic hydroxyl groups excluding tert-OH is 2. The molecule has 0 unspecified atom stereocenters. The lowest BCUT2D eigenvalue weighted by molar-refractivity contribution is -0.384. The fraction of sp³-hybridized carbons (Fsp3) is 0.333. The normalized spacial score (nSPS) is 25.7. The zero-order chi connectivity index (χ0) is 66.1. The van der Waals surface area contributed by atoms with Crippen LogP contribution in [0.5, 0.6) is 0 Å². The average Bonchev–Trinajstić information content (AvgIpc) is 0.783. The maximum atomic E-state index is 13.2. The van der Waals surface area contributed by atoms with Crippen LogP contribution in [0.25, 0.3) is 0 Å². The molecule has 15 atom stereocenters. The topological polar surface area (TPSA) is 170 Å². The van der Waals surface area contributed by atoms with Crippen LogP contribution < -0.4 is 0 Å². The zero-order valence-electron chi connectivity index (χ0n) is 54.2. The second-order valence-corrected chi connectivity index (χ2v) is 24.4. The van der Waals surface area contributed by atoms with Gasteiger partial charge < -0.3 is 76.5 Å². The molecule has 0 saturated carbocycles. The van der Waals surface area contributed by atoms with Gasteiger partial charge in [-0.3, -0.25) is 0 Å². The van der Waals surface area contributed by atoms with Crippen LogP contribution >= 0.6 is 0 Å². The third-order valence-corrected chi connectivity index (χ3v) is 17.3. The van der Waals surface area contributed by atoms with Crippen LogP contribution in [0.2, 0.25) is 0 Å². The monoisotopic (exact) mass is 1310 g/mol. The van der Waals surface area contributed by atoms with Crippen LogP contribution in [-0.4, -0.2) is 122 Å². The fourth-order valence-electron chi connectivity index (χ4n) is 12.3. The molecule has 3 saturated heterocycles. The molecule has 0 aliphatic carbocycles. The first-order chi connectivity index (χ1) is 47.9. The zero-order valence-corrected chi connectivity index (χ0v) is 54.2. The van der Waals surface area contributed by atoms with Crippen molar-refractivity contribution in [1.82, 2.24) is 0 Å². The van der Waals surface area contributed by atoms with Gasteiger partial charge in [0.2, 0.25) is 0 Å². The van der Waals surface area contributed by atoms with Crippen molar-refractivity contribution in [1.29, 1.82) is 0 Å². The van der Waals surface area contributed by atoms with Gasteiger partial charge in [0.25, 0.3) is 0 Å².